The number of hydrogen-bond donors (Lipinski definition) is 3. The van der Waals surface area contributed by atoms with Gasteiger partial charge in [-0.1, -0.05) is 0 Å². The van der Waals surface area contributed by atoms with E-state index >= 15 is 0 Å². The van der Waals surface area contributed by atoms with Gasteiger partial charge in [-0.25, -0.2) is 18.0 Å². The van der Waals surface area contributed by atoms with Crippen LogP contribution in [0.5, 0.6) is 5.75 Å². The standard InChI is InChI=1S/C18H20N2O6S.C2HF3O2/c1-25-14-3-5-15(6-4-14)27(23,24)19-13-2-7-17(16(12-13)18(21)22)20-8-10-26-11-9-20;3-2(4,5)1(6)7/h2-7,12,19H,8-11H2,1H3,(H,21,22);(H,6,7). The quantitative estimate of drug-likeness (QED) is 0.539. The molecule has 1 aliphatic heterocycles. The number of hydrogen-bond acceptors (Lipinski definition) is 7. The molecular weight excluding hydrogens is 485 g/mol. The molecule has 0 atom stereocenters. The lowest BCUT2D eigenvalue weighted by Crippen LogP contribution is -2.37. The number of ether oxygens (including phenoxy) is 2. The van der Waals surface area contributed by atoms with Crippen molar-refractivity contribution >= 4 is 33.3 Å². The van der Waals surface area contributed by atoms with Gasteiger partial charge in [0.05, 0.1) is 36.5 Å². The Labute approximate surface area is 192 Å². The molecule has 1 aliphatic rings. The van der Waals surface area contributed by atoms with Gasteiger partial charge in [0.2, 0.25) is 0 Å². The Balaban J connectivity index is 0.000000509. The van der Waals surface area contributed by atoms with Crippen LogP contribution in [0.2, 0.25) is 0 Å². The first-order chi connectivity index (χ1) is 15.8. The molecule has 10 nitrogen and oxygen atoms in total. The smallest absolute Gasteiger partial charge is 0.490 e. The van der Waals surface area contributed by atoms with Crippen molar-refractivity contribution in [2.45, 2.75) is 11.1 Å². The molecule has 0 aromatic heterocycles. The molecule has 0 spiro atoms. The van der Waals surface area contributed by atoms with Crippen LogP contribution in [-0.4, -0.2) is 70.2 Å². The van der Waals surface area contributed by atoms with Gasteiger partial charge < -0.3 is 24.6 Å². The largest absolute Gasteiger partial charge is 0.497 e. The number of nitrogens with one attached hydrogen (secondary N) is 1. The Morgan fingerprint density at radius 1 is 1.06 bits per heavy atom. The molecule has 0 bridgehead atoms. The van der Waals surface area contributed by atoms with Gasteiger partial charge in [-0.3, -0.25) is 4.72 Å². The molecule has 0 amide bonds. The van der Waals surface area contributed by atoms with Crippen molar-refractivity contribution in [3.05, 3.63) is 48.0 Å². The van der Waals surface area contributed by atoms with E-state index in [1.807, 2.05) is 4.90 Å². The summed E-state index contributed by atoms with van der Waals surface area (Å²) in [6.45, 7) is 2.20. The highest BCUT2D eigenvalue weighted by Crippen LogP contribution is 2.27. The van der Waals surface area contributed by atoms with Crippen LogP contribution >= 0.6 is 0 Å². The molecule has 1 heterocycles. The lowest BCUT2D eigenvalue weighted by Gasteiger charge is -2.30. The van der Waals surface area contributed by atoms with Crippen molar-refractivity contribution in [1.82, 2.24) is 0 Å². The van der Waals surface area contributed by atoms with Crippen molar-refractivity contribution in [1.29, 1.82) is 0 Å². The summed E-state index contributed by atoms with van der Waals surface area (Å²) in [7, 11) is -2.36. The first kappa shape index (κ1) is 26.7. The summed E-state index contributed by atoms with van der Waals surface area (Å²) in [6.07, 6.45) is -5.08. The van der Waals surface area contributed by atoms with E-state index in [0.29, 0.717) is 37.7 Å². The summed E-state index contributed by atoms with van der Waals surface area (Å²) in [6, 6.07) is 10.4. The number of anilines is 2. The lowest BCUT2D eigenvalue weighted by molar-refractivity contribution is -0.192. The predicted octanol–water partition coefficient (Wildman–Crippen LogP) is 2.66. The van der Waals surface area contributed by atoms with Gasteiger partial charge in [0.25, 0.3) is 10.0 Å². The van der Waals surface area contributed by atoms with Gasteiger partial charge in [-0.05, 0) is 42.5 Å². The number of carboxylic acid groups (broad SMARTS) is 2. The predicted molar refractivity (Wildman–Crippen MR) is 114 cm³/mol. The van der Waals surface area contributed by atoms with Gasteiger partial charge in [0.15, 0.2) is 0 Å². The topological polar surface area (TPSA) is 142 Å². The number of carboxylic acids is 2. The number of halogens is 3. The van der Waals surface area contributed by atoms with E-state index in [-0.39, 0.29) is 16.1 Å². The van der Waals surface area contributed by atoms with Crippen molar-refractivity contribution in [2.75, 3.05) is 43.0 Å². The van der Waals surface area contributed by atoms with E-state index in [1.165, 1.54) is 25.3 Å². The number of carbonyl (C=O) groups is 2. The first-order valence-electron chi connectivity index (χ1n) is 9.52. The number of methoxy groups -OCH3 is 1. The van der Waals surface area contributed by atoms with Crippen LogP contribution < -0.4 is 14.4 Å². The molecule has 3 N–H and O–H groups in total. The minimum absolute atomic E-state index is 0.0341. The molecule has 34 heavy (non-hydrogen) atoms. The highest BCUT2D eigenvalue weighted by Gasteiger charge is 2.38. The number of sulfonamides is 1. The zero-order chi connectivity index (χ0) is 25.5. The SMILES string of the molecule is COc1ccc(S(=O)(=O)Nc2ccc(N3CCOCC3)c(C(=O)O)c2)cc1.O=C(O)C(F)(F)F. The Hall–Kier alpha value is -3.52. The Bertz CT molecular complexity index is 1120. The van der Waals surface area contributed by atoms with Gasteiger partial charge in [-0.15, -0.1) is 0 Å². The highest BCUT2D eigenvalue weighted by atomic mass is 32.2. The van der Waals surface area contributed by atoms with Crippen LogP contribution in [0.4, 0.5) is 24.5 Å². The molecule has 14 heteroatoms. The second kappa shape index (κ2) is 11.1. The van der Waals surface area contributed by atoms with Crippen LogP contribution in [0.3, 0.4) is 0 Å². The summed E-state index contributed by atoms with van der Waals surface area (Å²) in [5, 5.41) is 16.7. The third kappa shape index (κ3) is 7.25. The molecule has 0 unspecified atom stereocenters. The fourth-order valence-electron chi connectivity index (χ4n) is 2.82. The molecule has 0 radical (unpaired) electrons. The minimum atomic E-state index is -5.08. The maximum absolute atomic E-state index is 12.5. The van der Waals surface area contributed by atoms with Crippen molar-refractivity contribution in [2.24, 2.45) is 0 Å². The maximum Gasteiger partial charge on any atom is 0.490 e. The first-order valence-corrected chi connectivity index (χ1v) is 11.0. The minimum Gasteiger partial charge on any atom is -0.497 e. The number of benzene rings is 2. The zero-order valence-electron chi connectivity index (χ0n) is 17.7. The van der Waals surface area contributed by atoms with Crippen LogP contribution in [0, 0.1) is 0 Å². The zero-order valence-corrected chi connectivity index (χ0v) is 18.5. The van der Waals surface area contributed by atoms with E-state index in [2.05, 4.69) is 4.72 Å². The summed E-state index contributed by atoms with van der Waals surface area (Å²) in [5.41, 5.74) is 0.755. The number of nitrogens with zero attached hydrogens (tertiary/aromatic N) is 1. The van der Waals surface area contributed by atoms with Crippen LogP contribution in [0.25, 0.3) is 0 Å². The molecule has 1 fully saturated rings. The van der Waals surface area contributed by atoms with E-state index in [4.69, 9.17) is 19.4 Å². The van der Waals surface area contributed by atoms with E-state index in [1.54, 1.807) is 24.3 Å². The summed E-state index contributed by atoms with van der Waals surface area (Å²) < 4.78 is 69.5. The third-order valence-corrected chi connectivity index (χ3v) is 5.84. The number of alkyl halides is 3. The number of aromatic carboxylic acids is 1. The van der Waals surface area contributed by atoms with Crippen LogP contribution in [0.1, 0.15) is 10.4 Å². The summed E-state index contributed by atoms with van der Waals surface area (Å²) in [4.78, 5) is 22.5. The van der Waals surface area contributed by atoms with E-state index in [0.717, 1.165) is 0 Å². The third-order valence-electron chi connectivity index (χ3n) is 4.44. The second-order valence-electron chi connectivity index (χ2n) is 6.72. The summed E-state index contributed by atoms with van der Waals surface area (Å²) >= 11 is 0. The molecule has 2 aromatic rings. The molecular formula is C20H21F3N2O8S. The van der Waals surface area contributed by atoms with Crippen LogP contribution in [0.15, 0.2) is 47.4 Å². The number of morpholine rings is 1. The fourth-order valence-corrected chi connectivity index (χ4v) is 3.87. The van der Waals surface area contributed by atoms with Gasteiger partial charge >= 0.3 is 18.1 Å². The maximum atomic E-state index is 12.5. The Morgan fingerprint density at radius 3 is 2.09 bits per heavy atom. The second-order valence-corrected chi connectivity index (χ2v) is 8.40. The molecule has 0 aliphatic carbocycles. The average Bonchev–Trinajstić information content (AvgIpc) is 2.79. The molecule has 0 saturated carbocycles. The van der Waals surface area contributed by atoms with Crippen molar-refractivity contribution in [3.63, 3.8) is 0 Å². The van der Waals surface area contributed by atoms with Crippen molar-refractivity contribution in [3.8, 4) is 5.75 Å². The van der Waals surface area contributed by atoms with Gasteiger partial charge in [-0.2, -0.15) is 13.2 Å². The van der Waals surface area contributed by atoms with Crippen LogP contribution in [-0.2, 0) is 19.6 Å². The fraction of sp³-hybridized carbons (Fsp3) is 0.300. The van der Waals surface area contributed by atoms with Gasteiger partial charge in [0.1, 0.15) is 5.75 Å². The molecule has 186 valence electrons. The average molecular weight is 506 g/mol. The molecule has 2 aromatic carbocycles. The lowest BCUT2D eigenvalue weighted by atomic mass is 10.1. The van der Waals surface area contributed by atoms with E-state index in [9.17, 15) is 31.5 Å². The van der Waals surface area contributed by atoms with Gasteiger partial charge in [0, 0.05) is 18.8 Å². The highest BCUT2D eigenvalue weighted by molar-refractivity contribution is 7.92. The Morgan fingerprint density at radius 2 is 1.62 bits per heavy atom. The van der Waals surface area contributed by atoms with Crippen molar-refractivity contribution < 1.29 is 50.9 Å². The number of rotatable bonds is 6. The molecule has 1 saturated heterocycles. The normalized spacial score (nSPS) is 13.9. The summed E-state index contributed by atoms with van der Waals surface area (Å²) in [5.74, 6) is -3.34. The number of aliphatic carboxylic acids is 1. The van der Waals surface area contributed by atoms with E-state index < -0.39 is 28.1 Å². The Kier molecular flexibility index (Phi) is 8.70. The molecule has 3 rings (SSSR count). The monoisotopic (exact) mass is 506 g/mol.